The summed E-state index contributed by atoms with van der Waals surface area (Å²) in [5.74, 6) is 0.183. The van der Waals surface area contributed by atoms with Crippen LogP contribution in [-0.4, -0.2) is 47.2 Å². The van der Waals surface area contributed by atoms with Crippen molar-refractivity contribution in [1.29, 1.82) is 0 Å². The van der Waals surface area contributed by atoms with Crippen LogP contribution in [0.4, 0.5) is 15.3 Å². The summed E-state index contributed by atoms with van der Waals surface area (Å²) in [6.07, 6.45) is 7.02. The van der Waals surface area contributed by atoms with Crippen molar-refractivity contribution in [3.8, 4) is 10.4 Å². The monoisotopic (exact) mass is 586 g/mol. The van der Waals surface area contributed by atoms with Gasteiger partial charge in [0.15, 0.2) is 0 Å². The Kier molecular flexibility index (Phi) is 9.06. The van der Waals surface area contributed by atoms with Crippen molar-refractivity contribution >= 4 is 39.2 Å². The van der Waals surface area contributed by atoms with Crippen molar-refractivity contribution in [3.63, 3.8) is 0 Å². The topological polar surface area (TPSA) is 162 Å². The lowest BCUT2D eigenvalue weighted by Gasteiger charge is -2.27. The molecule has 1 aliphatic rings. The summed E-state index contributed by atoms with van der Waals surface area (Å²) in [5, 5.41) is 17.9. The van der Waals surface area contributed by atoms with E-state index in [9.17, 15) is 18.0 Å². The average molecular weight is 587 g/mol. The number of sulfonamides is 1. The maximum atomic E-state index is 13.5. The molecule has 1 saturated carbocycles. The standard InChI is InChI=1S/C27H34N6O5S2/c1-27(2,3)33-40(37,38)23-13-20(31-25(34)30-15-17-5-4-12-28-14-17)10-11-21(23)22-16-29-24(39-22)18-6-8-19(9-7-18)32-26(35)36/h4-5,10-14,16,18-19,32-33H,6-9,15H2,1-3H3,(H,35,36)(H2,30,31,34)/t18-,19-. The predicted molar refractivity (Wildman–Crippen MR) is 154 cm³/mol. The van der Waals surface area contributed by atoms with Crippen LogP contribution in [0, 0.1) is 0 Å². The molecule has 0 unspecified atom stereocenters. The SMILES string of the molecule is CC(C)(C)NS(=O)(=O)c1cc(NC(=O)NCc2cccnc2)ccc1-c1cnc([C@H]2CC[C@H](NC(=O)O)CC2)s1. The molecule has 0 radical (unpaired) electrons. The first-order chi connectivity index (χ1) is 18.9. The number of urea groups is 1. The van der Waals surface area contributed by atoms with Gasteiger partial charge in [-0.3, -0.25) is 4.98 Å². The molecule has 2 heterocycles. The second-order valence-electron chi connectivity index (χ2n) is 10.8. The fraction of sp³-hybridized carbons (Fsp3) is 0.407. The minimum atomic E-state index is -3.96. The molecule has 4 rings (SSSR count). The van der Waals surface area contributed by atoms with Crippen molar-refractivity contribution in [1.82, 2.24) is 25.3 Å². The molecule has 11 nitrogen and oxygen atoms in total. The smallest absolute Gasteiger partial charge is 0.404 e. The normalized spacial score (nSPS) is 17.7. The van der Waals surface area contributed by atoms with Crippen LogP contribution in [0.15, 0.2) is 53.8 Å². The number of thiazole rings is 1. The minimum Gasteiger partial charge on any atom is -0.465 e. The van der Waals surface area contributed by atoms with E-state index in [1.54, 1.807) is 57.6 Å². The van der Waals surface area contributed by atoms with Crippen molar-refractivity contribution in [2.75, 3.05) is 5.32 Å². The van der Waals surface area contributed by atoms with Gasteiger partial charge in [-0.1, -0.05) is 12.1 Å². The van der Waals surface area contributed by atoms with Crippen LogP contribution in [-0.2, 0) is 16.6 Å². The Balaban J connectivity index is 1.56. The van der Waals surface area contributed by atoms with Gasteiger partial charge in [0.05, 0.1) is 14.8 Å². The number of nitrogens with zero attached hydrogens (tertiary/aromatic N) is 2. The van der Waals surface area contributed by atoms with Gasteiger partial charge >= 0.3 is 12.1 Å². The van der Waals surface area contributed by atoms with Gasteiger partial charge in [0.25, 0.3) is 0 Å². The number of anilines is 1. The quantitative estimate of drug-likeness (QED) is 0.251. The second kappa shape index (κ2) is 12.3. The number of hydrogen-bond acceptors (Lipinski definition) is 7. The van der Waals surface area contributed by atoms with Gasteiger partial charge in [-0.15, -0.1) is 11.3 Å². The molecule has 214 valence electrons. The van der Waals surface area contributed by atoms with E-state index in [1.807, 2.05) is 6.07 Å². The van der Waals surface area contributed by atoms with Crippen molar-refractivity contribution in [2.24, 2.45) is 0 Å². The molecular weight excluding hydrogens is 552 g/mol. The number of pyridine rings is 1. The zero-order valence-electron chi connectivity index (χ0n) is 22.6. The van der Waals surface area contributed by atoms with E-state index in [0.717, 1.165) is 36.3 Å². The van der Waals surface area contributed by atoms with Crippen LogP contribution in [0.3, 0.4) is 0 Å². The fourth-order valence-corrected chi connectivity index (χ4v) is 7.46. The summed E-state index contributed by atoms with van der Waals surface area (Å²) >= 11 is 1.44. The van der Waals surface area contributed by atoms with Crippen LogP contribution < -0.4 is 20.7 Å². The molecule has 13 heteroatoms. The number of benzene rings is 1. The van der Waals surface area contributed by atoms with Crippen molar-refractivity contribution in [3.05, 3.63) is 59.5 Å². The molecule has 3 aromatic rings. The Morgan fingerprint density at radius 1 is 1.10 bits per heavy atom. The van der Waals surface area contributed by atoms with Gasteiger partial charge in [0.1, 0.15) is 0 Å². The zero-order valence-corrected chi connectivity index (χ0v) is 24.2. The zero-order chi connectivity index (χ0) is 28.9. The number of carboxylic acid groups (broad SMARTS) is 1. The Bertz CT molecular complexity index is 1450. The molecule has 0 bridgehead atoms. The van der Waals surface area contributed by atoms with Crippen LogP contribution >= 0.6 is 11.3 Å². The fourth-order valence-electron chi connectivity index (χ4n) is 4.60. The number of nitrogens with one attached hydrogen (secondary N) is 4. The molecular formula is C27H34N6O5S2. The molecule has 0 saturated heterocycles. The van der Waals surface area contributed by atoms with Gasteiger partial charge < -0.3 is 21.1 Å². The van der Waals surface area contributed by atoms with E-state index >= 15 is 0 Å². The highest BCUT2D eigenvalue weighted by Crippen LogP contribution is 2.40. The predicted octanol–water partition coefficient (Wildman–Crippen LogP) is 4.90. The minimum absolute atomic E-state index is 0.0389. The highest BCUT2D eigenvalue weighted by Gasteiger charge is 2.29. The Hall–Kier alpha value is -3.55. The molecule has 1 aliphatic carbocycles. The van der Waals surface area contributed by atoms with Gasteiger partial charge in [-0.25, -0.2) is 27.7 Å². The van der Waals surface area contributed by atoms with E-state index in [4.69, 9.17) is 5.11 Å². The molecule has 3 amide bonds. The Labute approximate surface area is 237 Å². The number of amides is 3. The number of aromatic nitrogens is 2. The third-order valence-corrected chi connectivity index (χ3v) is 9.33. The van der Waals surface area contributed by atoms with Gasteiger partial charge in [-0.05, 0) is 70.2 Å². The number of carbonyl (C=O) groups excluding carboxylic acids is 1. The third-order valence-electron chi connectivity index (χ3n) is 6.34. The molecule has 5 N–H and O–H groups in total. The van der Waals surface area contributed by atoms with E-state index in [-0.39, 0.29) is 23.4 Å². The highest BCUT2D eigenvalue weighted by atomic mass is 32.2. The first-order valence-electron chi connectivity index (χ1n) is 13.0. The third kappa shape index (κ3) is 7.99. The lowest BCUT2D eigenvalue weighted by molar-refractivity contribution is 0.185. The molecule has 2 aromatic heterocycles. The molecule has 0 spiro atoms. The summed E-state index contributed by atoms with van der Waals surface area (Å²) in [5.41, 5.74) is 0.930. The van der Waals surface area contributed by atoms with Gasteiger partial charge in [0, 0.05) is 53.9 Å². The number of hydrogen-bond donors (Lipinski definition) is 5. The van der Waals surface area contributed by atoms with Crippen molar-refractivity contribution < 1.29 is 23.1 Å². The first kappa shape index (κ1) is 29.4. The summed E-state index contributed by atoms with van der Waals surface area (Å²) in [4.78, 5) is 32.9. The van der Waals surface area contributed by atoms with Crippen LogP contribution in [0.1, 0.15) is 62.9 Å². The Morgan fingerprint density at radius 3 is 2.50 bits per heavy atom. The summed E-state index contributed by atoms with van der Waals surface area (Å²) in [7, 11) is -3.96. The Morgan fingerprint density at radius 2 is 1.85 bits per heavy atom. The average Bonchev–Trinajstić information content (AvgIpc) is 3.37. The number of rotatable bonds is 8. The van der Waals surface area contributed by atoms with Crippen molar-refractivity contribution in [2.45, 2.75) is 75.4 Å². The summed E-state index contributed by atoms with van der Waals surface area (Å²) in [6, 6.07) is 7.88. The van der Waals surface area contributed by atoms with Crippen LogP contribution in [0.2, 0.25) is 0 Å². The number of carbonyl (C=O) groups is 2. The molecule has 0 aliphatic heterocycles. The maximum Gasteiger partial charge on any atom is 0.404 e. The first-order valence-corrected chi connectivity index (χ1v) is 15.3. The van der Waals surface area contributed by atoms with E-state index in [1.165, 1.54) is 17.4 Å². The lowest BCUT2D eigenvalue weighted by atomic mass is 9.86. The maximum absolute atomic E-state index is 13.5. The molecule has 0 atom stereocenters. The largest absolute Gasteiger partial charge is 0.465 e. The molecule has 40 heavy (non-hydrogen) atoms. The summed E-state index contributed by atoms with van der Waals surface area (Å²) < 4.78 is 29.7. The van der Waals surface area contributed by atoms with Gasteiger partial charge in [-0.2, -0.15) is 0 Å². The van der Waals surface area contributed by atoms with Crippen LogP contribution in [0.25, 0.3) is 10.4 Å². The van der Waals surface area contributed by atoms with E-state index < -0.39 is 27.7 Å². The van der Waals surface area contributed by atoms with E-state index in [0.29, 0.717) is 16.1 Å². The summed E-state index contributed by atoms with van der Waals surface area (Å²) in [6.45, 7) is 5.56. The lowest BCUT2D eigenvalue weighted by Crippen LogP contribution is -2.40. The molecule has 1 aromatic carbocycles. The highest BCUT2D eigenvalue weighted by molar-refractivity contribution is 7.89. The second-order valence-corrected chi connectivity index (χ2v) is 13.5. The molecule has 1 fully saturated rings. The van der Waals surface area contributed by atoms with Gasteiger partial charge in [0.2, 0.25) is 10.0 Å². The van der Waals surface area contributed by atoms with E-state index in [2.05, 4.69) is 30.6 Å². The van der Waals surface area contributed by atoms with Crippen LogP contribution in [0.5, 0.6) is 0 Å².